The summed E-state index contributed by atoms with van der Waals surface area (Å²) < 4.78 is 10.8. The number of hydrogen-bond donors (Lipinski definition) is 1. The molecule has 0 saturated carbocycles. The van der Waals surface area contributed by atoms with E-state index in [2.05, 4.69) is 5.32 Å². The summed E-state index contributed by atoms with van der Waals surface area (Å²) in [6.07, 6.45) is 0. The molecule has 4 rings (SSSR count). The molecule has 0 radical (unpaired) electrons. The fourth-order valence-electron chi connectivity index (χ4n) is 3.17. The maximum Gasteiger partial charge on any atom is 0.255 e. The molecule has 0 saturated heterocycles. The zero-order chi connectivity index (χ0) is 20.2. The van der Waals surface area contributed by atoms with Gasteiger partial charge in [0.25, 0.3) is 5.91 Å². The number of carbonyl (C=O) groups excluding carboxylic acids is 1. The van der Waals surface area contributed by atoms with E-state index in [9.17, 15) is 4.79 Å². The van der Waals surface area contributed by atoms with Crippen LogP contribution in [0.25, 0.3) is 22.2 Å². The SMILES string of the molecule is COc1cccc(C(=O)Nc2ccc3nc(-c4ccccc4)cc(OC)c3c2)c1. The summed E-state index contributed by atoms with van der Waals surface area (Å²) in [5.41, 5.74) is 3.83. The Hall–Kier alpha value is -3.86. The van der Waals surface area contributed by atoms with E-state index in [1.807, 2.05) is 54.6 Å². The summed E-state index contributed by atoms with van der Waals surface area (Å²) in [6, 6.07) is 24.5. The molecule has 0 unspecified atom stereocenters. The normalized spacial score (nSPS) is 10.6. The average Bonchev–Trinajstić information content (AvgIpc) is 2.79. The Morgan fingerprint density at radius 1 is 0.862 bits per heavy atom. The number of nitrogens with one attached hydrogen (secondary N) is 1. The van der Waals surface area contributed by atoms with Crippen molar-refractivity contribution in [1.29, 1.82) is 0 Å². The molecule has 1 heterocycles. The number of carbonyl (C=O) groups is 1. The molecule has 0 fully saturated rings. The molecular weight excluding hydrogens is 364 g/mol. The number of methoxy groups -OCH3 is 2. The second-order valence-electron chi connectivity index (χ2n) is 6.49. The maximum absolute atomic E-state index is 12.6. The van der Waals surface area contributed by atoms with Crippen molar-refractivity contribution in [3.63, 3.8) is 0 Å². The second-order valence-corrected chi connectivity index (χ2v) is 6.49. The van der Waals surface area contributed by atoms with Crippen LogP contribution in [0.1, 0.15) is 10.4 Å². The van der Waals surface area contributed by atoms with E-state index in [1.165, 1.54) is 0 Å². The van der Waals surface area contributed by atoms with E-state index in [4.69, 9.17) is 14.5 Å². The molecule has 0 aliphatic carbocycles. The van der Waals surface area contributed by atoms with Gasteiger partial charge in [-0.3, -0.25) is 4.79 Å². The van der Waals surface area contributed by atoms with Gasteiger partial charge in [-0.1, -0.05) is 36.4 Å². The summed E-state index contributed by atoms with van der Waals surface area (Å²) in [7, 11) is 3.20. The van der Waals surface area contributed by atoms with Crippen LogP contribution in [0.5, 0.6) is 11.5 Å². The molecule has 1 aromatic heterocycles. The highest BCUT2D eigenvalue weighted by Gasteiger charge is 2.11. The van der Waals surface area contributed by atoms with Crippen molar-refractivity contribution in [2.75, 3.05) is 19.5 Å². The van der Waals surface area contributed by atoms with Gasteiger partial charge in [0.05, 0.1) is 25.4 Å². The van der Waals surface area contributed by atoms with Crippen LogP contribution < -0.4 is 14.8 Å². The fourth-order valence-corrected chi connectivity index (χ4v) is 3.17. The molecule has 5 nitrogen and oxygen atoms in total. The van der Waals surface area contributed by atoms with Crippen LogP contribution in [0, 0.1) is 0 Å². The molecule has 4 aromatic rings. The number of aromatic nitrogens is 1. The Labute approximate surface area is 168 Å². The Morgan fingerprint density at radius 3 is 2.45 bits per heavy atom. The maximum atomic E-state index is 12.6. The molecule has 0 bridgehead atoms. The topological polar surface area (TPSA) is 60.5 Å². The van der Waals surface area contributed by atoms with Gasteiger partial charge < -0.3 is 14.8 Å². The Kier molecular flexibility index (Phi) is 5.12. The van der Waals surface area contributed by atoms with Crippen LogP contribution in [0.3, 0.4) is 0 Å². The highest BCUT2D eigenvalue weighted by atomic mass is 16.5. The van der Waals surface area contributed by atoms with Gasteiger partial charge in [-0.05, 0) is 36.4 Å². The highest BCUT2D eigenvalue weighted by Crippen LogP contribution is 2.31. The Morgan fingerprint density at radius 2 is 1.69 bits per heavy atom. The van der Waals surface area contributed by atoms with Gasteiger partial charge in [-0.15, -0.1) is 0 Å². The summed E-state index contributed by atoms with van der Waals surface area (Å²) in [5, 5.41) is 3.75. The van der Waals surface area contributed by atoms with E-state index in [0.717, 1.165) is 22.2 Å². The number of rotatable bonds is 5. The van der Waals surface area contributed by atoms with Gasteiger partial charge in [0.1, 0.15) is 11.5 Å². The van der Waals surface area contributed by atoms with E-state index in [-0.39, 0.29) is 5.91 Å². The van der Waals surface area contributed by atoms with Crippen LogP contribution in [0.2, 0.25) is 0 Å². The van der Waals surface area contributed by atoms with Gasteiger partial charge in [0, 0.05) is 28.3 Å². The molecular formula is C24H20N2O3. The average molecular weight is 384 g/mol. The number of ether oxygens (including phenoxy) is 2. The number of amides is 1. The van der Waals surface area contributed by atoms with Gasteiger partial charge in [0.2, 0.25) is 0 Å². The van der Waals surface area contributed by atoms with Crippen molar-refractivity contribution in [2.24, 2.45) is 0 Å². The third-order valence-electron chi connectivity index (χ3n) is 4.65. The molecule has 1 N–H and O–H groups in total. The molecule has 1 amide bonds. The lowest BCUT2D eigenvalue weighted by Gasteiger charge is -2.11. The van der Waals surface area contributed by atoms with E-state index in [0.29, 0.717) is 22.7 Å². The minimum Gasteiger partial charge on any atom is -0.497 e. The third-order valence-corrected chi connectivity index (χ3v) is 4.65. The summed E-state index contributed by atoms with van der Waals surface area (Å²) in [6.45, 7) is 0. The van der Waals surface area contributed by atoms with E-state index in [1.54, 1.807) is 38.5 Å². The molecule has 29 heavy (non-hydrogen) atoms. The first kappa shape index (κ1) is 18.5. The lowest BCUT2D eigenvalue weighted by Crippen LogP contribution is -2.11. The number of benzene rings is 3. The van der Waals surface area contributed by atoms with Crippen molar-refractivity contribution in [3.05, 3.63) is 84.4 Å². The van der Waals surface area contributed by atoms with Crippen molar-refractivity contribution in [3.8, 4) is 22.8 Å². The first-order valence-electron chi connectivity index (χ1n) is 9.17. The lowest BCUT2D eigenvalue weighted by atomic mass is 10.1. The number of pyridine rings is 1. The molecule has 0 atom stereocenters. The first-order chi connectivity index (χ1) is 14.2. The summed E-state index contributed by atoms with van der Waals surface area (Å²) in [4.78, 5) is 17.3. The minimum absolute atomic E-state index is 0.212. The van der Waals surface area contributed by atoms with Gasteiger partial charge in [-0.2, -0.15) is 0 Å². The van der Waals surface area contributed by atoms with Crippen LogP contribution in [0.4, 0.5) is 5.69 Å². The molecule has 3 aromatic carbocycles. The number of fused-ring (bicyclic) bond motifs is 1. The monoisotopic (exact) mass is 384 g/mol. The first-order valence-corrected chi connectivity index (χ1v) is 9.17. The van der Waals surface area contributed by atoms with Gasteiger partial charge >= 0.3 is 0 Å². The molecule has 144 valence electrons. The van der Waals surface area contributed by atoms with Crippen LogP contribution in [-0.2, 0) is 0 Å². The Bertz CT molecular complexity index is 1170. The van der Waals surface area contributed by atoms with E-state index >= 15 is 0 Å². The molecule has 5 heteroatoms. The highest BCUT2D eigenvalue weighted by molar-refractivity contribution is 6.05. The fraction of sp³-hybridized carbons (Fsp3) is 0.0833. The minimum atomic E-state index is -0.212. The third kappa shape index (κ3) is 3.89. The quantitative estimate of drug-likeness (QED) is 0.516. The largest absolute Gasteiger partial charge is 0.497 e. The standard InChI is InChI=1S/C24H20N2O3/c1-28-19-10-6-9-17(13-19)24(27)25-18-11-12-21-20(14-18)23(29-2)15-22(26-21)16-7-4-3-5-8-16/h3-15H,1-2H3,(H,25,27). The van der Waals surface area contributed by atoms with Crippen molar-refractivity contribution >= 4 is 22.5 Å². The zero-order valence-electron chi connectivity index (χ0n) is 16.2. The van der Waals surface area contributed by atoms with Crippen LogP contribution >= 0.6 is 0 Å². The number of nitrogens with zero attached hydrogens (tertiary/aromatic N) is 1. The molecule has 0 spiro atoms. The van der Waals surface area contributed by atoms with E-state index < -0.39 is 0 Å². The van der Waals surface area contributed by atoms with Gasteiger partial charge in [0.15, 0.2) is 0 Å². The summed E-state index contributed by atoms with van der Waals surface area (Å²) >= 11 is 0. The van der Waals surface area contributed by atoms with Gasteiger partial charge in [-0.25, -0.2) is 4.98 Å². The molecule has 0 aliphatic rings. The smallest absolute Gasteiger partial charge is 0.255 e. The zero-order valence-corrected chi connectivity index (χ0v) is 16.2. The van der Waals surface area contributed by atoms with Crippen molar-refractivity contribution in [1.82, 2.24) is 4.98 Å². The van der Waals surface area contributed by atoms with Crippen molar-refractivity contribution < 1.29 is 14.3 Å². The van der Waals surface area contributed by atoms with Crippen LogP contribution in [0.15, 0.2) is 78.9 Å². The number of anilines is 1. The molecule has 0 aliphatic heterocycles. The predicted octanol–water partition coefficient (Wildman–Crippen LogP) is 5.17. The van der Waals surface area contributed by atoms with Crippen LogP contribution in [-0.4, -0.2) is 25.1 Å². The lowest BCUT2D eigenvalue weighted by molar-refractivity contribution is 0.102. The Balaban J connectivity index is 1.67. The predicted molar refractivity (Wildman–Crippen MR) is 115 cm³/mol. The summed E-state index contributed by atoms with van der Waals surface area (Å²) in [5.74, 6) is 1.12. The van der Waals surface area contributed by atoms with Crippen molar-refractivity contribution in [2.45, 2.75) is 0 Å². The number of hydrogen-bond acceptors (Lipinski definition) is 4. The second kappa shape index (κ2) is 8.02.